The highest BCUT2D eigenvalue weighted by Crippen LogP contribution is 2.28. The van der Waals surface area contributed by atoms with Gasteiger partial charge in [0.2, 0.25) is 0 Å². The van der Waals surface area contributed by atoms with Gasteiger partial charge in [-0.15, -0.1) is 5.10 Å². The smallest absolute Gasteiger partial charge is 0.298 e. The van der Waals surface area contributed by atoms with Crippen molar-refractivity contribution in [2.24, 2.45) is 0 Å². The van der Waals surface area contributed by atoms with E-state index in [1.807, 2.05) is 45.0 Å². The number of carbonyl (C=O) groups is 1. The van der Waals surface area contributed by atoms with Gasteiger partial charge in [0.15, 0.2) is 11.6 Å². The number of halogens is 3. The van der Waals surface area contributed by atoms with Crippen LogP contribution >= 0.6 is 11.6 Å². The Balaban J connectivity index is 1.68. The van der Waals surface area contributed by atoms with Crippen LogP contribution in [-0.2, 0) is 23.3 Å². The summed E-state index contributed by atoms with van der Waals surface area (Å²) in [5.41, 5.74) is 1.29. The minimum absolute atomic E-state index is 0.185. The summed E-state index contributed by atoms with van der Waals surface area (Å²) in [6, 6.07) is 18.0. The van der Waals surface area contributed by atoms with E-state index < -0.39 is 22.7 Å². The van der Waals surface area contributed by atoms with E-state index in [0.717, 1.165) is 27.9 Å². The molecule has 0 N–H and O–H groups in total. The summed E-state index contributed by atoms with van der Waals surface area (Å²) in [5, 5.41) is 4.87. The van der Waals surface area contributed by atoms with Crippen molar-refractivity contribution in [3.63, 3.8) is 0 Å². The van der Waals surface area contributed by atoms with E-state index >= 15 is 0 Å². The Morgan fingerprint density at radius 3 is 2.28 bits per heavy atom. The molecule has 0 spiro atoms. The zero-order valence-corrected chi connectivity index (χ0v) is 21.0. The second-order valence-electron chi connectivity index (χ2n) is 9.53. The third kappa shape index (κ3) is 5.46. The fourth-order valence-electron chi connectivity index (χ4n) is 4.22. The van der Waals surface area contributed by atoms with Crippen molar-refractivity contribution in [1.29, 1.82) is 0 Å². The Kier molecular flexibility index (Phi) is 7.22. The van der Waals surface area contributed by atoms with Crippen LogP contribution in [0, 0.1) is 18.6 Å². The lowest BCUT2D eigenvalue weighted by atomic mass is 9.79. The molecule has 0 atom stereocenters. The predicted octanol–water partition coefficient (Wildman–Crippen LogP) is 5.94. The lowest BCUT2D eigenvalue weighted by Gasteiger charge is -2.24. The summed E-state index contributed by atoms with van der Waals surface area (Å²) in [6.07, 6.45) is 0.188. The second kappa shape index (κ2) is 10.2. The molecule has 1 aromatic heterocycles. The third-order valence-corrected chi connectivity index (χ3v) is 6.42. The van der Waals surface area contributed by atoms with E-state index in [2.05, 4.69) is 5.10 Å². The Labute approximate surface area is 213 Å². The normalized spacial score (nSPS) is 11.6. The van der Waals surface area contributed by atoms with Gasteiger partial charge in [0.1, 0.15) is 18.2 Å². The summed E-state index contributed by atoms with van der Waals surface area (Å²) in [4.78, 5) is 26.4. The molecule has 8 heteroatoms. The molecular formula is C28H26ClF2N3O2. The number of rotatable bonds is 8. The van der Waals surface area contributed by atoms with Gasteiger partial charge in [0, 0.05) is 22.6 Å². The number of hydrogen-bond donors (Lipinski definition) is 0. The Morgan fingerprint density at radius 1 is 1.00 bits per heavy atom. The summed E-state index contributed by atoms with van der Waals surface area (Å²) < 4.78 is 31.0. The molecule has 0 aliphatic carbocycles. The number of hydrogen-bond acceptors (Lipinski definition) is 3. The van der Waals surface area contributed by atoms with Gasteiger partial charge < -0.3 is 0 Å². The number of ketones is 1. The van der Waals surface area contributed by atoms with Crippen molar-refractivity contribution in [2.45, 2.75) is 45.7 Å². The van der Waals surface area contributed by atoms with Crippen LogP contribution in [0.1, 0.15) is 37.0 Å². The SMILES string of the molecule is Cc1cccc(C(C)(C)CC(=O)Cn2nc(-c3ccc(Cl)cc3)n(Cc3c(F)cccc3F)c2=O)c1. The fraction of sp³-hybridized carbons (Fsp3) is 0.250. The Morgan fingerprint density at radius 2 is 1.64 bits per heavy atom. The molecule has 1 heterocycles. The molecular weight excluding hydrogens is 484 g/mol. The number of carbonyl (C=O) groups excluding carboxylic acids is 1. The van der Waals surface area contributed by atoms with Crippen LogP contribution in [0.2, 0.25) is 5.02 Å². The average Bonchev–Trinajstić information content (AvgIpc) is 3.11. The van der Waals surface area contributed by atoms with Gasteiger partial charge in [-0.2, -0.15) is 0 Å². The first-order valence-corrected chi connectivity index (χ1v) is 11.9. The highest BCUT2D eigenvalue weighted by Gasteiger charge is 2.26. The molecule has 5 nitrogen and oxygen atoms in total. The zero-order chi connectivity index (χ0) is 26.0. The zero-order valence-electron chi connectivity index (χ0n) is 20.3. The number of benzene rings is 3. The average molecular weight is 510 g/mol. The van der Waals surface area contributed by atoms with Gasteiger partial charge >= 0.3 is 5.69 Å². The van der Waals surface area contributed by atoms with Gasteiger partial charge in [-0.05, 0) is 54.3 Å². The standard InChI is InChI=1S/C28H26ClF2N3O2/c1-18-6-4-7-20(14-18)28(2,3)15-22(35)16-34-27(36)33(17-23-24(30)8-5-9-25(23)31)26(32-34)19-10-12-21(29)13-11-19/h4-14H,15-17H2,1-3H3. The van der Waals surface area contributed by atoms with Crippen LogP contribution in [0.3, 0.4) is 0 Å². The van der Waals surface area contributed by atoms with E-state index in [4.69, 9.17) is 11.6 Å². The molecule has 0 radical (unpaired) electrons. The number of aromatic nitrogens is 3. The van der Waals surface area contributed by atoms with E-state index in [1.165, 1.54) is 10.6 Å². The maximum absolute atomic E-state index is 14.4. The summed E-state index contributed by atoms with van der Waals surface area (Å²) in [6.45, 7) is 5.30. The van der Waals surface area contributed by atoms with Crippen molar-refractivity contribution in [1.82, 2.24) is 14.3 Å². The van der Waals surface area contributed by atoms with Crippen LogP contribution in [0.4, 0.5) is 8.78 Å². The van der Waals surface area contributed by atoms with Crippen LogP contribution in [0.25, 0.3) is 11.4 Å². The highest BCUT2D eigenvalue weighted by molar-refractivity contribution is 6.30. The van der Waals surface area contributed by atoms with Crippen molar-refractivity contribution < 1.29 is 13.6 Å². The minimum atomic E-state index is -0.771. The maximum atomic E-state index is 14.4. The highest BCUT2D eigenvalue weighted by atomic mass is 35.5. The molecule has 0 bridgehead atoms. The molecule has 0 saturated heterocycles. The number of nitrogens with zero attached hydrogens (tertiary/aromatic N) is 3. The van der Waals surface area contributed by atoms with Crippen molar-refractivity contribution in [3.8, 4) is 11.4 Å². The Hall–Kier alpha value is -3.58. The predicted molar refractivity (Wildman–Crippen MR) is 136 cm³/mol. The van der Waals surface area contributed by atoms with Gasteiger partial charge in [-0.1, -0.05) is 61.3 Å². The van der Waals surface area contributed by atoms with Gasteiger partial charge in [-0.25, -0.2) is 18.3 Å². The first kappa shape index (κ1) is 25.5. The molecule has 4 rings (SSSR count). The number of Topliss-reactive ketones (excluding diaryl/α,β-unsaturated/α-hetero) is 1. The topological polar surface area (TPSA) is 56.9 Å². The van der Waals surface area contributed by atoms with Crippen molar-refractivity contribution in [3.05, 3.63) is 111 Å². The summed E-state index contributed by atoms with van der Waals surface area (Å²) >= 11 is 6.00. The minimum Gasteiger partial charge on any atom is -0.298 e. The Bertz CT molecular complexity index is 1450. The lowest BCUT2D eigenvalue weighted by molar-refractivity contribution is -0.120. The van der Waals surface area contributed by atoms with Crippen molar-refractivity contribution in [2.75, 3.05) is 0 Å². The largest absolute Gasteiger partial charge is 0.346 e. The van der Waals surface area contributed by atoms with E-state index in [9.17, 15) is 18.4 Å². The fourth-order valence-corrected chi connectivity index (χ4v) is 4.35. The molecule has 0 saturated carbocycles. The molecule has 186 valence electrons. The second-order valence-corrected chi connectivity index (χ2v) is 9.96. The van der Waals surface area contributed by atoms with E-state index in [-0.39, 0.29) is 36.7 Å². The summed E-state index contributed by atoms with van der Waals surface area (Å²) in [5.74, 6) is -1.54. The molecule has 36 heavy (non-hydrogen) atoms. The van der Waals surface area contributed by atoms with Crippen molar-refractivity contribution >= 4 is 17.4 Å². The van der Waals surface area contributed by atoms with Crippen LogP contribution in [0.15, 0.2) is 71.5 Å². The van der Waals surface area contributed by atoms with Gasteiger partial charge in [0.25, 0.3) is 0 Å². The molecule has 0 amide bonds. The molecule has 0 fully saturated rings. The lowest BCUT2D eigenvalue weighted by Crippen LogP contribution is -2.31. The first-order chi connectivity index (χ1) is 17.0. The third-order valence-electron chi connectivity index (χ3n) is 6.17. The quantitative estimate of drug-likeness (QED) is 0.295. The molecule has 4 aromatic rings. The van der Waals surface area contributed by atoms with Crippen LogP contribution < -0.4 is 5.69 Å². The van der Waals surface area contributed by atoms with Crippen LogP contribution in [0.5, 0.6) is 0 Å². The molecule has 0 aliphatic heterocycles. The molecule has 0 unspecified atom stereocenters. The van der Waals surface area contributed by atoms with Gasteiger partial charge in [0.05, 0.1) is 6.54 Å². The van der Waals surface area contributed by atoms with Gasteiger partial charge in [-0.3, -0.25) is 9.36 Å². The summed E-state index contributed by atoms with van der Waals surface area (Å²) in [7, 11) is 0. The van der Waals surface area contributed by atoms with E-state index in [1.54, 1.807) is 24.3 Å². The molecule has 0 aliphatic rings. The van der Waals surface area contributed by atoms with Crippen LogP contribution in [-0.4, -0.2) is 20.1 Å². The monoisotopic (exact) mass is 509 g/mol. The maximum Gasteiger partial charge on any atom is 0.346 e. The van der Waals surface area contributed by atoms with E-state index in [0.29, 0.717) is 10.6 Å². The first-order valence-electron chi connectivity index (χ1n) is 11.5. The molecule has 3 aromatic carbocycles. The number of aryl methyl sites for hydroxylation is 1.